The van der Waals surface area contributed by atoms with E-state index in [1.165, 1.54) is 6.07 Å². The minimum absolute atomic E-state index is 0.0631. The summed E-state index contributed by atoms with van der Waals surface area (Å²) in [6, 6.07) is 16.7. The zero-order valence-corrected chi connectivity index (χ0v) is 15.3. The largest absolute Gasteiger partial charge is 0.481 e. The number of carboxylic acids is 1. The van der Waals surface area contributed by atoms with Gasteiger partial charge in [0.15, 0.2) is 0 Å². The summed E-state index contributed by atoms with van der Waals surface area (Å²) >= 11 is 0. The van der Waals surface area contributed by atoms with Gasteiger partial charge in [0.25, 0.3) is 5.69 Å². The summed E-state index contributed by atoms with van der Waals surface area (Å²) < 4.78 is 2.10. The smallest absolute Gasteiger partial charge is 0.307 e. The summed E-state index contributed by atoms with van der Waals surface area (Å²) in [5.74, 6) is -1.09. The van der Waals surface area contributed by atoms with Crippen molar-refractivity contribution in [3.05, 3.63) is 70.4 Å². The molecule has 2 heterocycles. The highest BCUT2D eigenvalue weighted by atomic mass is 16.6. The standard InChI is InChI=1S/C21H21N3O4/c25-21(26)15-5-4-10-22(13-15)14-19-12-16-11-18(24(27)28)8-9-20(16)23(19)17-6-2-1-3-7-17/h1-3,6-9,11-12,15H,4-5,10,13-14H2,(H,25,26). The molecule has 2 aromatic carbocycles. The number of piperidine rings is 1. The third-order valence-electron chi connectivity index (χ3n) is 5.33. The molecule has 1 N–H and O–H groups in total. The van der Waals surface area contributed by atoms with E-state index in [1.807, 2.05) is 36.4 Å². The van der Waals surface area contributed by atoms with Crippen LogP contribution >= 0.6 is 0 Å². The number of aliphatic carboxylic acids is 1. The molecule has 7 heteroatoms. The molecule has 0 amide bonds. The molecule has 0 saturated carbocycles. The second-order valence-corrected chi connectivity index (χ2v) is 7.22. The van der Waals surface area contributed by atoms with Crippen LogP contribution in [0.1, 0.15) is 18.5 Å². The number of carboxylic acid groups (broad SMARTS) is 1. The third-order valence-corrected chi connectivity index (χ3v) is 5.33. The maximum Gasteiger partial charge on any atom is 0.307 e. The van der Waals surface area contributed by atoms with Crippen LogP contribution in [-0.4, -0.2) is 38.6 Å². The molecular weight excluding hydrogens is 358 g/mol. The lowest BCUT2D eigenvalue weighted by Crippen LogP contribution is -2.38. The van der Waals surface area contributed by atoms with Crippen molar-refractivity contribution in [2.45, 2.75) is 19.4 Å². The number of nitro benzene ring substituents is 1. The zero-order valence-electron chi connectivity index (χ0n) is 15.3. The van der Waals surface area contributed by atoms with Crippen LogP contribution in [0.4, 0.5) is 5.69 Å². The summed E-state index contributed by atoms with van der Waals surface area (Å²) in [5.41, 5.74) is 2.94. The first-order valence-electron chi connectivity index (χ1n) is 9.32. The highest BCUT2D eigenvalue weighted by Gasteiger charge is 2.26. The van der Waals surface area contributed by atoms with Gasteiger partial charge in [-0.25, -0.2) is 0 Å². The van der Waals surface area contributed by atoms with Crippen molar-refractivity contribution >= 4 is 22.6 Å². The van der Waals surface area contributed by atoms with Crippen molar-refractivity contribution in [2.75, 3.05) is 13.1 Å². The average molecular weight is 379 g/mol. The molecule has 0 aliphatic carbocycles. The Morgan fingerprint density at radius 3 is 2.68 bits per heavy atom. The van der Waals surface area contributed by atoms with Gasteiger partial charge in [-0.15, -0.1) is 0 Å². The van der Waals surface area contributed by atoms with E-state index in [-0.39, 0.29) is 16.5 Å². The molecule has 1 saturated heterocycles. The lowest BCUT2D eigenvalue weighted by molar-refractivity contribution is -0.384. The third kappa shape index (κ3) is 3.48. The summed E-state index contributed by atoms with van der Waals surface area (Å²) in [6.45, 7) is 1.97. The van der Waals surface area contributed by atoms with Crippen molar-refractivity contribution in [1.29, 1.82) is 0 Å². The number of aromatic nitrogens is 1. The number of nitrogens with zero attached hydrogens (tertiary/aromatic N) is 3. The molecule has 1 unspecified atom stereocenters. The number of fused-ring (bicyclic) bond motifs is 1. The van der Waals surface area contributed by atoms with E-state index in [9.17, 15) is 20.0 Å². The molecule has 1 fully saturated rings. The molecule has 28 heavy (non-hydrogen) atoms. The molecule has 1 aromatic heterocycles. The first-order chi connectivity index (χ1) is 13.5. The van der Waals surface area contributed by atoms with E-state index < -0.39 is 5.97 Å². The number of hydrogen-bond donors (Lipinski definition) is 1. The van der Waals surface area contributed by atoms with Gasteiger partial charge in [0, 0.05) is 42.0 Å². The fourth-order valence-electron chi connectivity index (χ4n) is 4.00. The van der Waals surface area contributed by atoms with Crippen LogP contribution in [0.15, 0.2) is 54.6 Å². The van der Waals surface area contributed by atoms with Crippen LogP contribution in [0.2, 0.25) is 0 Å². The summed E-state index contributed by atoms with van der Waals surface area (Å²) in [4.78, 5) is 24.3. The maximum absolute atomic E-state index is 11.4. The Hall–Kier alpha value is -3.19. The second-order valence-electron chi connectivity index (χ2n) is 7.22. The fourth-order valence-corrected chi connectivity index (χ4v) is 4.00. The lowest BCUT2D eigenvalue weighted by atomic mass is 9.98. The lowest BCUT2D eigenvalue weighted by Gasteiger charge is -2.30. The first-order valence-corrected chi connectivity index (χ1v) is 9.32. The molecule has 0 spiro atoms. The number of para-hydroxylation sites is 1. The van der Waals surface area contributed by atoms with Crippen molar-refractivity contribution < 1.29 is 14.8 Å². The first kappa shape index (κ1) is 18.2. The zero-order chi connectivity index (χ0) is 19.7. The van der Waals surface area contributed by atoms with Gasteiger partial charge in [0.2, 0.25) is 0 Å². The minimum atomic E-state index is -0.746. The fraction of sp³-hybridized carbons (Fsp3) is 0.286. The molecule has 1 atom stereocenters. The van der Waals surface area contributed by atoms with Crippen LogP contribution in [0.25, 0.3) is 16.6 Å². The summed E-state index contributed by atoms with van der Waals surface area (Å²) in [5, 5.41) is 21.3. The van der Waals surface area contributed by atoms with Crippen LogP contribution < -0.4 is 0 Å². The van der Waals surface area contributed by atoms with Crippen molar-refractivity contribution in [3.8, 4) is 5.69 Å². The van der Waals surface area contributed by atoms with Crippen LogP contribution in [-0.2, 0) is 11.3 Å². The Morgan fingerprint density at radius 2 is 1.96 bits per heavy atom. The number of rotatable bonds is 5. The SMILES string of the molecule is O=C(O)C1CCCN(Cc2cc3cc([N+](=O)[O-])ccc3n2-c2ccccc2)C1. The van der Waals surface area contributed by atoms with Crippen LogP contribution in [0.3, 0.4) is 0 Å². The molecule has 0 radical (unpaired) electrons. The molecule has 1 aliphatic heterocycles. The minimum Gasteiger partial charge on any atom is -0.481 e. The van der Waals surface area contributed by atoms with E-state index >= 15 is 0 Å². The molecule has 0 bridgehead atoms. The number of carbonyl (C=O) groups is 1. The Labute approximate surface area is 162 Å². The van der Waals surface area contributed by atoms with Gasteiger partial charge in [-0.3, -0.25) is 19.8 Å². The van der Waals surface area contributed by atoms with Gasteiger partial charge in [-0.2, -0.15) is 0 Å². The summed E-state index contributed by atoms with van der Waals surface area (Å²) in [6.07, 6.45) is 1.56. The average Bonchev–Trinajstić information content (AvgIpc) is 3.05. The van der Waals surface area contributed by atoms with Gasteiger partial charge in [-0.05, 0) is 43.7 Å². The number of likely N-dealkylation sites (tertiary alicyclic amines) is 1. The molecule has 144 valence electrons. The number of benzene rings is 2. The molecule has 7 nitrogen and oxygen atoms in total. The predicted molar refractivity (Wildman–Crippen MR) is 106 cm³/mol. The number of hydrogen-bond acceptors (Lipinski definition) is 4. The normalized spacial score (nSPS) is 17.6. The highest BCUT2D eigenvalue weighted by molar-refractivity contribution is 5.85. The van der Waals surface area contributed by atoms with Gasteiger partial charge >= 0.3 is 5.97 Å². The van der Waals surface area contributed by atoms with E-state index in [4.69, 9.17) is 0 Å². The van der Waals surface area contributed by atoms with Crippen molar-refractivity contribution in [3.63, 3.8) is 0 Å². The van der Waals surface area contributed by atoms with E-state index in [2.05, 4.69) is 9.47 Å². The van der Waals surface area contributed by atoms with Crippen LogP contribution in [0, 0.1) is 16.0 Å². The topological polar surface area (TPSA) is 88.6 Å². The van der Waals surface area contributed by atoms with Gasteiger partial charge in [-0.1, -0.05) is 18.2 Å². The highest BCUT2D eigenvalue weighted by Crippen LogP contribution is 2.29. The number of nitro groups is 1. The molecule has 4 rings (SSSR count). The Morgan fingerprint density at radius 1 is 1.18 bits per heavy atom. The second kappa shape index (κ2) is 7.44. The Balaban J connectivity index is 1.76. The maximum atomic E-state index is 11.4. The van der Waals surface area contributed by atoms with Gasteiger partial charge in [0.05, 0.1) is 16.4 Å². The molecular formula is C21H21N3O4. The molecule has 1 aliphatic rings. The van der Waals surface area contributed by atoms with Crippen LogP contribution in [0.5, 0.6) is 0 Å². The van der Waals surface area contributed by atoms with Gasteiger partial charge in [0.1, 0.15) is 0 Å². The Kier molecular flexibility index (Phi) is 4.83. The van der Waals surface area contributed by atoms with E-state index in [1.54, 1.807) is 12.1 Å². The van der Waals surface area contributed by atoms with Crippen molar-refractivity contribution in [1.82, 2.24) is 9.47 Å². The summed E-state index contributed by atoms with van der Waals surface area (Å²) in [7, 11) is 0. The molecule has 3 aromatic rings. The Bertz CT molecular complexity index is 1030. The van der Waals surface area contributed by atoms with Gasteiger partial charge < -0.3 is 9.67 Å². The van der Waals surface area contributed by atoms with E-state index in [0.717, 1.165) is 35.2 Å². The predicted octanol–water partition coefficient (Wildman–Crippen LogP) is 3.84. The monoisotopic (exact) mass is 379 g/mol. The van der Waals surface area contributed by atoms with E-state index in [0.29, 0.717) is 19.5 Å². The number of non-ortho nitro benzene ring substituents is 1. The van der Waals surface area contributed by atoms with Crippen molar-refractivity contribution in [2.24, 2.45) is 5.92 Å². The quantitative estimate of drug-likeness (QED) is 0.537.